The lowest BCUT2D eigenvalue weighted by molar-refractivity contribution is -0.140. The normalized spacial score (nSPS) is 24.0. The highest BCUT2D eigenvalue weighted by Crippen LogP contribution is 2.35. The number of anilines is 1. The Morgan fingerprint density at radius 3 is 2.34 bits per heavy atom. The van der Waals surface area contributed by atoms with Crippen molar-refractivity contribution in [3.63, 3.8) is 0 Å². The Hall–Kier alpha value is -2.63. The van der Waals surface area contributed by atoms with Gasteiger partial charge in [0.25, 0.3) is 0 Å². The van der Waals surface area contributed by atoms with E-state index in [0.717, 1.165) is 21.3 Å². The molecule has 2 atom stereocenters. The molecule has 0 radical (unpaired) electrons. The van der Waals surface area contributed by atoms with Crippen molar-refractivity contribution in [3.8, 4) is 0 Å². The number of amides is 3. The second kappa shape index (κ2) is 9.08. The number of benzene rings is 1. The topological polar surface area (TPSA) is 113 Å². The lowest BCUT2D eigenvalue weighted by Crippen LogP contribution is -2.40. The van der Waals surface area contributed by atoms with Crippen molar-refractivity contribution in [2.45, 2.75) is 24.2 Å². The maximum Gasteiger partial charge on any atom is 0.246 e. The van der Waals surface area contributed by atoms with Gasteiger partial charge < -0.3 is 10.1 Å². The summed E-state index contributed by atoms with van der Waals surface area (Å²) in [5.74, 6) is -2.68. The molecule has 2 saturated heterocycles. The van der Waals surface area contributed by atoms with Gasteiger partial charge in [0.15, 0.2) is 0 Å². The number of morpholine rings is 1. The summed E-state index contributed by atoms with van der Waals surface area (Å²) < 4.78 is 46.1. The Labute approximate surface area is 185 Å². The standard InChI is InChI=1S/C21H24FN3O6S/c22-17-6-5-14(13-18(17)32(29,30)24-9-11-31-12-10-24)23-19(26)7-8-25-20(27)15-3-1-2-4-16(15)21(25)28/h1-2,5-6,13,15-16H,3-4,7-12H2,(H,23,26)/t15-,16+. The number of halogens is 1. The zero-order valence-corrected chi connectivity index (χ0v) is 18.1. The first-order valence-corrected chi connectivity index (χ1v) is 11.9. The smallest absolute Gasteiger partial charge is 0.246 e. The number of carbonyl (C=O) groups excluding carboxylic acids is 3. The molecule has 0 aromatic heterocycles. The van der Waals surface area contributed by atoms with E-state index in [4.69, 9.17) is 4.74 Å². The molecule has 1 N–H and O–H groups in total. The maximum atomic E-state index is 14.3. The van der Waals surface area contributed by atoms with E-state index in [0.29, 0.717) is 12.8 Å². The van der Waals surface area contributed by atoms with E-state index in [1.54, 1.807) is 0 Å². The van der Waals surface area contributed by atoms with Crippen molar-refractivity contribution in [2.75, 3.05) is 38.2 Å². The molecule has 3 aliphatic rings. The zero-order valence-electron chi connectivity index (χ0n) is 17.3. The number of rotatable bonds is 6. The Balaban J connectivity index is 1.40. The summed E-state index contributed by atoms with van der Waals surface area (Å²) in [7, 11) is -4.08. The van der Waals surface area contributed by atoms with Crippen molar-refractivity contribution in [1.29, 1.82) is 0 Å². The molecule has 3 amide bonds. The molecule has 0 bridgehead atoms. The van der Waals surface area contributed by atoms with Crippen LogP contribution >= 0.6 is 0 Å². The van der Waals surface area contributed by atoms with Crippen LogP contribution in [-0.2, 0) is 29.1 Å². The number of likely N-dealkylation sites (tertiary alicyclic amines) is 1. The van der Waals surface area contributed by atoms with E-state index in [9.17, 15) is 27.2 Å². The van der Waals surface area contributed by atoms with Gasteiger partial charge in [-0.3, -0.25) is 19.3 Å². The van der Waals surface area contributed by atoms with Gasteiger partial charge >= 0.3 is 0 Å². The summed E-state index contributed by atoms with van der Waals surface area (Å²) in [6.45, 7) is 0.629. The fraction of sp³-hybridized carbons (Fsp3) is 0.476. The fourth-order valence-corrected chi connectivity index (χ4v) is 5.73. The predicted molar refractivity (Wildman–Crippen MR) is 111 cm³/mol. The molecule has 32 heavy (non-hydrogen) atoms. The average Bonchev–Trinajstić information content (AvgIpc) is 3.04. The molecule has 1 aromatic rings. The molecule has 2 aliphatic heterocycles. The molecule has 0 saturated carbocycles. The van der Waals surface area contributed by atoms with Crippen LogP contribution in [0.4, 0.5) is 10.1 Å². The third-order valence-electron chi connectivity index (χ3n) is 5.96. The van der Waals surface area contributed by atoms with E-state index >= 15 is 0 Å². The lowest BCUT2D eigenvalue weighted by Gasteiger charge is -2.26. The first-order chi connectivity index (χ1) is 15.3. The average molecular weight is 466 g/mol. The Morgan fingerprint density at radius 1 is 1.09 bits per heavy atom. The largest absolute Gasteiger partial charge is 0.379 e. The van der Waals surface area contributed by atoms with Crippen LogP contribution in [0.5, 0.6) is 0 Å². The Kier molecular flexibility index (Phi) is 6.40. The van der Waals surface area contributed by atoms with Crippen LogP contribution in [0.2, 0.25) is 0 Å². The predicted octanol–water partition coefficient (Wildman–Crippen LogP) is 1.13. The molecule has 0 spiro atoms. The molecule has 4 rings (SSSR count). The minimum atomic E-state index is -4.08. The van der Waals surface area contributed by atoms with Gasteiger partial charge in [0, 0.05) is 31.7 Å². The molecule has 1 aromatic carbocycles. The van der Waals surface area contributed by atoms with Crippen molar-refractivity contribution in [2.24, 2.45) is 11.8 Å². The molecule has 9 nitrogen and oxygen atoms in total. The van der Waals surface area contributed by atoms with Gasteiger partial charge in [0.05, 0.1) is 25.0 Å². The van der Waals surface area contributed by atoms with Crippen LogP contribution in [0.3, 0.4) is 0 Å². The second-order valence-electron chi connectivity index (χ2n) is 7.94. The van der Waals surface area contributed by atoms with Crippen LogP contribution in [0.25, 0.3) is 0 Å². The van der Waals surface area contributed by atoms with Gasteiger partial charge in [0.2, 0.25) is 27.7 Å². The number of fused-ring (bicyclic) bond motifs is 1. The van der Waals surface area contributed by atoms with Gasteiger partial charge in [0.1, 0.15) is 10.7 Å². The minimum Gasteiger partial charge on any atom is -0.379 e. The first kappa shape index (κ1) is 22.6. The monoisotopic (exact) mass is 465 g/mol. The molecule has 2 heterocycles. The quantitative estimate of drug-likeness (QED) is 0.498. The second-order valence-corrected chi connectivity index (χ2v) is 9.85. The number of nitrogens with one attached hydrogen (secondary N) is 1. The molecule has 2 fully saturated rings. The highest BCUT2D eigenvalue weighted by molar-refractivity contribution is 7.89. The summed E-state index contributed by atoms with van der Waals surface area (Å²) in [5.41, 5.74) is 0.111. The summed E-state index contributed by atoms with van der Waals surface area (Å²) in [5, 5.41) is 2.53. The van der Waals surface area contributed by atoms with Crippen molar-refractivity contribution in [3.05, 3.63) is 36.2 Å². The maximum absolute atomic E-state index is 14.3. The van der Waals surface area contributed by atoms with E-state index in [1.165, 1.54) is 6.07 Å². The van der Waals surface area contributed by atoms with Crippen LogP contribution in [-0.4, -0.2) is 68.2 Å². The SMILES string of the molecule is O=C(CCN1C(=O)[C@H]2CC=CC[C@H]2C1=O)Nc1ccc(F)c(S(=O)(=O)N2CCOCC2)c1. The van der Waals surface area contributed by atoms with E-state index in [2.05, 4.69) is 5.32 Å². The molecule has 0 unspecified atom stereocenters. The highest BCUT2D eigenvalue weighted by atomic mass is 32.2. The fourth-order valence-electron chi connectivity index (χ4n) is 4.23. The summed E-state index contributed by atoms with van der Waals surface area (Å²) in [4.78, 5) is 38.0. The van der Waals surface area contributed by atoms with E-state index in [1.807, 2.05) is 12.2 Å². The number of imide groups is 1. The summed E-state index contributed by atoms with van der Waals surface area (Å²) in [6.07, 6.45) is 4.67. The van der Waals surface area contributed by atoms with Crippen LogP contribution in [0.15, 0.2) is 35.2 Å². The Bertz CT molecular complexity index is 1040. The van der Waals surface area contributed by atoms with Crippen molar-refractivity contribution < 1.29 is 31.9 Å². The highest BCUT2D eigenvalue weighted by Gasteiger charge is 2.46. The number of carbonyl (C=O) groups is 3. The van der Waals surface area contributed by atoms with Gasteiger partial charge in [-0.05, 0) is 31.0 Å². The van der Waals surface area contributed by atoms with E-state index < -0.39 is 26.6 Å². The molecule has 11 heteroatoms. The van der Waals surface area contributed by atoms with Crippen molar-refractivity contribution in [1.82, 2.24) is 9.21 Å². The Morgan fingerprint density at radius 2 is 1.72 bits per heavy atom. The number of ether oxygens (including phenoxy) is 1. The first-order valence-electron chi connectivity index (χ1n) is 10.5. The number of allylic oxidation sites excluding steroid dienone is 2. The van der Waals surface area contributed by atoms with Gasteiger partial charge in [-0.25, -0.2) is 12.8 Å². The summed E-state index contributed by atoms with van der Waals surface area (Å²) in [6, 6.07) is 3.32. The van der Waals surface area contributed by atoms with Gasteiger partial charge in [-0.15, -0.1) is 0 Å². The minimum absolute atomic E-state index is 0.0589. The lowest BCUT2D eigenvalue weighted by atomic mass is 9.85. The van der Waals surface area contributed by atoms with Gasteiger partial charge in [-0.2, -0.15) is 4.31 Å². The number of nitrogens with zero attached hydrogens (tertiary/aromatic N) is 2. The third-order valence-corrected chi connectivity index (χ3v) is 7.88. The molecule has 1 aliphatic carbocycles. The van der Waals surface area contributed by atoms with Crippen LogP contribution in [0.1, 0.15) is 19.3 Å². The number of hydrogen-bond donors (Lipinski definition) is 1. The van der Waals surface area contributed by atoms with E-state index in [-0.39, 0.29) is 68.6 Å². The molecular weight excluding hydrogens is 441 g/mol. The van der Waals surface area contributed by atoms with Crippen molar-refractivity contribution >= 4 is 33.4 Å². The van der Waals surface area contributed by atoms with Gasteiger partial charge in [-0.1, -0.05) is 12.2 Å². The number of sulfonamides is 1. The van der Waals surface area contributed by atoms with Crippen LogP contribution in [0, 0.1) is 17.7 Å². The molecular formula is C21H24FN3O6S. The van der Waals surface area contributed by atoms with Crippen LogP contribution < -0.4 is 5.32 Å². The zero-order chi connectivity index (χ0) is 22.9. The number of hydrogen-bond acceptors (Lipinski definition) is 6. The third kappa shape index (κ3) is 4.32. The summed E-state index contributed by atoms with van der Waals surface area (Å²) >= 11 is 0. The molecule has 172 valence electrons.